The molecule has 0 saturated carbocycles. The SMILES string of the molecule is Cc1onc(C(Cl)c2ccc(Cl)cc2)c1CO. The standard InChI is InChI=1S/C12H11Cl2NO2/c1-7-10(6-16)12(15-17-7)11(14)8-2-4-9(13)5-3-8/h2-5,11,16H,6H2,1H3. The molecule has 0 aliphatic carbocycles. The molecule has 0 bridgehead atoms. The number of alkyl halides is 1. The van der Waals surface area contributed by atoms with E-state index in [0.717, 1.165) is 5.56 Å². The fourth-order valence-electron chi connectivity index (χ4n) is 1.59. The van der Waals surface area contributed by atoms with E-state index in [-0.39, 0.29) is 6.61 Å². The first-order valence-corrected chi connectivity index (χ1v) is 5.90. The second-order valence-electron chi connectivity index (χ2n) is 3.67. The monoisotopic (exact) mass is 271 g/mol. The Labute approximate surface area is 109 Å². The lowest BCUT2D eigenvalue weighted by atomic mass is 10.1. The molecule has 1 aromatic carbocycles. The number of hydrogen-bond acceptors (Lipinski definition) is 3. The van der Waals surface area contributed by atoms with Gasteiger partial charge in [-0.15, -0.1) is 11.6 Å². The van der Waals surface area contributed by atoms with E-state index in [1.165, 1.54) is 0 Å². The number of aliphatic hydroxyl groups excluding tert-OH is 1. The molecule has 5 heteroatoms. The molecule has 1 heterocycles. The van der Waals surface area contributed by atoms with Crippen LogP contribution in [0, 0.1) is 6.92 Å². The van der Waals surface area contributed by atoms with Gasteiger partial charge in [-0.05, 0) is 24.6 Å². The van der Waals surface area contributed by atoms with Crippen molar-refractivity contribution in [2.45, 2.75) is 18.9 Å². The fraction of sp³-hybridized carbons (Fsp3) is 0.250. The van der Waals surface area contributed by atoms with Crippen molar-refractivity contribution in [3.63, 3.8) is 0 Å². The van der Waals surface area contributed by atoms with Crippen LogP contribution in [0.15, 0.2) is 28.8 Å². The van der Waals surface area contributed by atoms with Crippen LogP contribution in [-0.2, 0) is 6.61 Å². The highest BCUT2D eigenvalue weighted by molar-refractivity contribution is 6.30. The van der Waals surface area contributed by atoms with Gasteiger partial charge in [0.05, 0.1) is 6.61 Å². The van der Waals surface area contributed by atoms with Crippen molar-refractivity contribution in [3.8, 4) is 0 Å². The van der Waals surface area contributed by atoms with Crippen molar-refractivity contribution < 1.29 is 9.63 Å². The van der Waals surface area contributed by atoms with E-state index in [1.54, 1.807) is 19.1 Å². The Balaban J connectivity index is 2.36. The minimum atomic E-state index is -0.452. The van der Waals surface area contributed by atoms with Crippen molar-refractivity contribution >= 4 is 23.2 Å². The second kappa shape index (κ2) is 5.08. The van der Waals surface area contributed by atoms with Crippen LogP contribution in [0.5, 0.6) is 0 Å². The Hall–Kier alpha value is -1.03. The minimum absolute atomic E-state index is 0.137. The third-order valence-electron chi connectivity index (χ3n) is 2.58. The molecular formula is C12H11Cl2NO2. The van der Waals surface area contributed by atoms with Crippen LogP contribution >= 0.6 is 23.2 Å². The van der Waals surface area contributed by atoms with E-state index in [9.17, 15) is 5.11 Å². The van der Waals surface area contributed by atoms with E-state index in [1.807, 2.05) is 12.1 Å². The fourth-order valence-corrected chi connectivity index (χ4v) is 2.03. The van der Waals surface area contributed by atoms with Crippen LogP contribution in [0.2, 0.25) is 5.02 Å². The van der Waals surface area contributed by atoms with Crippen LogP contribution in [0.1, 0.15) is 28.0 Å². The number of aromatic nitrogens is 1. The molecule has 1 N–H and O–H groups in total. The van der Waals surface area contributed by atoms with Crippen LogP contribution < -0.4 is 0 Å². The Morgan fingerprint density at radius 2 is 2.00 bits per heavy atom. The quantitative estimate of drug-likeness (QED) is 0.870. The zero-order chi connectivity index (χ0) is 12.4. The van der Waals surface area contributed by atoms with Gasteiger partial charge in [-0.25, -0.2) is 0 Å². The van der Waals surface area contributed by atoms with E-state index >= 15 is 0 Å². The molecule has 1 aromatic heterocycles. The third kappa shape index (κ3) is 2.46. The maximum Gasteiger partial charge on any atom is 0.139 e. The van der Waals surface area contributed by atoms with Gasteiger partial charge in [-0.3, -0.25) is 0 Å². The average molecular weight is 272 g/mol. The summed E-state index contributed by atoms with van der Waals surface area (Å²) in [5.41, 5.74) is 2.05. The van der Waals surface area contributed by atoms with Crippen molar-refractivity contribution in [2.75, 3.05) is 0 Å². The number of hydrogen-bond donors (Lipinski definition) is 1. The zero-order valence-corrected chi connectivity index (χ0v) is 10.7. The molecule has 1 atom stereocenters. The molecule has 0 amide bonds. The van der Waals surface area contributed by atoms with Crippen LogP contribution in [-0.4, -0.2) is 10.3 Å². The van der Waals surface area contributed by atoms with Gasteiger partial charge in [0.15, 0.2) is 0 Å². The largest absolute Gasteiger partial charge is 0.391 e. The van der Waals surface area contributed by atoms with Gasteiger partial charge in [-0.2, -0.15) is 0 Å². The highest BCUT2D eigenvalue weighted by atomic mass is 35.5. The summed E-state index contributed by atoms with van der Waals surface area (Å²) in [4.78, 5) is 0. The van der Waals surface area contributed by atoms with Crippen LogP contribution in [0.3, 0.4) is 0 Å². The summed E-state index contributed by atoms with van der Waals surface area (Å²) >= 11 is 12.1. The topological polar surface area (TPSA) is 46.3 Å². The first kappa shape index (κ1) is 12.4. The number of benzene rings is 1. The Morgan fingerprint density at radius 1 is 1.35 bits per heavy atom. The predicted molar refractivity (Wildman–Crippen MR) is 66.3 cm³/mol. The first-order valence-electron chi connectivity index (χ1n) is 5.09. The molecule has 0 saturated heterocycles. The average Bonchev–Trinajstić information content (AvgIpc) is 2.70. The summed E-state index contributed by atoms with van der Waals surface area (Å²) in [5.74, 6) is 0.585. The van der Waals surface area contributed by atoms with Gasteiger partial charge in [-0.1, -0.05) is 28.9 Å². The van der Waals surface area contributed by atoms with Gasteiger partial charge in [0, 0.05) is 10.6 Å². The molecule has 2 aromatic rings. The summed E-state index contributed by atoms with van der Waals surface area (Å²) in [7, 11) is 0. The van der Waals surface area contributed by atoms with Gasteiger partial charge < -0.3 is 9.63 Å². The minimum Gasteiger partial charge on any atom is -0.391 e. The maximum atomic E-state index is 9.25. The van der Waals surface area contributed by atoms with Gasteiger partial charge in [0.2, 0.25) is 0 Å². The van der Waals surface area contributed by atoms with Crippen molar-refractivity contribution in [1.29, 1.82) is 0 Å². The van der Waals surface area contributed by atoms with Crippen molar-refractivity contribution in [2.24, 2.45) is 0 Å². The number of halogens is 2. The first-order chi connectivity index (χ1) is 8.13. The molecular weight excluding hydrogens is 261 g/mol. The lowest BCUT2D eigenvalue weighted by Crippen LogP contribution is -1.98. The second-order valence-corrected chi connectivity index (χ2v) is 4.55. The molecule has 3 nitrogen and oxygen atoms in total. The van der Waals surface area contributed by atoms with Gasteiger partial charge >= 0.3 is 0 Å². The highest BCUT2D eigenvalue weighted by Gasteiger charge is 2.21. The van der Waals surface area contributed by atoms with Crippen LogP contribution in [0.25, 0.3) is 0 Å². The Kier molecular flexibility index (Phi) is 3.72. The van der Waals surface area contributed by atoms with E-state index in [2.05, 4.69) is 5.16 Å². The highest BCUT2D eigenvalue weighted by Crippen LogP contribution is 2.32. The molecule has 17 heavy (non-hydrogen) atoms. The normalized spacial score (nSPS) is 12.7. The van der Waals surface area contributed by atoms with Crippen molar-refractivity contribution in [3.05, 3.63) is 51.9 Å². The molecule has 1 unspecified atom stereocenters. The molecule has 90 valence electrons. The number of rotatable bonds is 3. The number of aliphatic hydroxyl groups is 1. The number of nitrogens with zero attached hydrogens (tertiary/aromatic N) is 1. The van der Waals surface area contributed by atoms with Gasteiger partial charge in [0.25, 0.3) is 0 Å². The summed E-state index contributed by atoms with van der Waals surface area (Å²) in [6, 6.07) is 7.17. The third-order valence-corrected chi connectivity index (χ3v) is 3.29. The molecule has 0 radical (unpaired) electrons. The van der Waals surface area contributed by atoms with Crippen LogP contribution in [0.4, 0.5) is 0 Å². The molecule has 2 rings (SSSR count). The predicted octanol–water partition coefficient (Wildman–Crippen LogP) is 3.46. The molecule has 0 fully saturated rings. The number of aryl methyl sites for hydroxylation is 1. The van der Waals surface area contributed by atoms with E-state index < -0.39 is 5.38 Å². The van der Waals surface area contributed by atoms with Gasteiger partial charge in [0.1, 0.15) is 16.8 Å². The van der Waals surface area contributed by atoms with E-state index in [0.29, 0.717) is 22.0 Å². The molecule has 0 aliphatic heterocycles. The summed E-state index contributed by atoms with van der Waals surface area (Å²) in [5, 5.41) is 13.3. The summed E-state index contributed by atoms with van der Waals surface area (Å²) in [6.45, 7) is 1.61. The molecule has 0 aliphatic rings. The molecule has 0 spiro atoms. The Morgan fingerprint density at radius 3 is 2.59 bits per heavy atom. The lowest BCUT2D eigenvalue weighted by molar-refractivity contribution is 0.277. The van der Waals surface area contributed by atoms with E-state index in [4.69, 9.17) is 27.7 Å². The van der Waals surface area contributed by atoms with Crippen molar-refractivity contribution in [1.82, 2.24) is 5.16 Å². The zero-order valence-electron chi connectivity index (χ0n) is 9.15. The Bertz CT molecular complexity index is 508. The lowest BCUT2D eigenvalue weighted by Gasteiger charge is -2.08. The summed E-state index contributed by atoms with van der Waals surface area (Å²) in [6.07, 6.45) is 0. The maximum absolute atomic E-state index is 9.25. The smallest absolute Gasteiger partial charge is 0.139 e. The summed E-state index contributed by atoms with van der Waals surface area (Å²) < 4.78 is 5.03.